The van der Waals surface area contributed by atoms with Gasteiger partial charge in [-0.2, -0.15) is 4.98 Å². The van der Waals surface area contributed by atoms with Crippen LogP contribution in [-0.2, 0) is 9.47 Å². The summed E-state index contributed by atoms with van der Waals surface area (Å²) in [5, 5.41) is 3.55. The van der Waals surface area contributed by atoms with Gasteiger partial charge in [0.1, 0.15) is 5.82 Å². The zero-order valence-corrected chi connectivity index (χ0v) is 14.3. The lowest BCUT2D eigenvalue weighted by Crippen LogP contribution is -2.38. The van der Waals surface area contributed by atoms with Crippen LogP contribution < -0.4 is 10.2 Å². The maximum absolute atomic E-state index is 5.63. The van der Waals surface area contributed by atoms with Crippen LogP contribution in [0.4, 0.5) is 11.8 Å². The van der Waals surface area contributed by atoms with Crippen molar-refractivity contribution in [1.82, 2.24) is 14.9 Å². The lowest BCUT2D eigenvalue weighted by molar-refractivity contribution is 0.102. The minimum absolute atomic E-state index is 0.192. The van der Waals surface area contributed by atoms with Gasteiger partial charge < -0.3 is 19.7 Å². The molecule has 1 aromatic heterocycles. The van der Waals surface area contributed by atoms with Gasteiger partial charge in [0.05, 0.1) is 25.4 Å². The highest BCUT2D eigenvalue weighted by atomic mass is 16.5. The van der Waals surface area contributed by atoms with Crippen molar-refractivity contribution in [2.45, 2.75) is 26.0 Å². The van der Waals surface area contributed by atoms with Gasteiger partial charge in [0.2, 0.25) is 5.95 Å². The summed E-state index contributed by atoms with van der Waals surface area (Å²) in [5.74, 6) is 1.67. The van der Waals surface area contributed by atoms with E-state index >= 15 is 0 Å². The molecule has 2 fully saturated rings. The third-order valence-electron chi connectivity index (χ3n) is 4.56. The molecule has 2 aliphatic heterocycles. The fourth-order valence-corrected chi connectivity index (χ4v) is 3.21. The summed E-state index contributed by atoms with van der Waals surface area (Å²) in [7, 11) is 1.78. The predicted molar refractivity (Wildman–Crippen MR) is 90.1 cm³/mol. The van der Waals surface area contributed by atoms with Crippen molar-refractivity contribution in [3.63, 3.8) is 0 Å². The Kier molecular flexibility index (Phi) is 5.30. The Hall–Kier alpha value is -1.44. The maximum atomic E-state index is 5.63. The number of anilines is 2. The average molecular weight is 321 g/mol. The number of ether oxygens (including phenoxy) is 2. The van der Waals surface area contributed by atoms with E-state index in [1.54, 1.807) is 7.11 Å². The van der Waals surface area contributed by atoms with E-state index in [1.165, 1.54) is 0 Å². The SMILES string of the molecule is CCN1C[C@H](Nc2cc(C)nc(N3CCOCC3)n2)[C@@H](OC)C1. The molecule has 23 heavy (non-hydrogen) atoms. The molecule has 3 heterocycles. The second-order valence-corrected chi connectivity index (χ2v) is 6.17. The van der Waals surface area contributed by atoms with Crippen LogP contribution in [0.5, 0.6) is 0 Å². The summed E-state index contributed by atoms with van der Waals surface area (Å²) in [6, 6.07) is 2.26. The van der Waals surface area contributed by atoms with Crippen molar-refractivity contribution in [2.75, 3.05) is 63.3 Å². The minimum Gasteiger partial charge on any atom is -0.378 e. The van der Waals surface area contributed by atoms with Crippen molar-refractivity contribution in [3.8, 4) is 0 Å². The monoisotopic (exact) mass is 321 g/mol. The first-order valence-corrected chi connectivity index (χ1v) is 8.39. The van der Waals surface area contributed by atoms with E-state index in [4.69, 9.17) is 14.5 Å². The van der Waals surface area contributed by atoms with Crippen molar-refractivity contribution < 1.29 is 9.47 Å². The molecule has 2 atom stereocenters. The fourth-order valence-electron chi connectivity index (χ4n) is 3.21. The molecule has 2 aliphatic rings. The molecule has 7 heteroatoms. The van der Waals surface area contributed by atoms with Crippen LogP contribution in [0.3, 0.4) is 0 Å². The van der Waals surface area contributed by atoms with Gasteiger partial charge in [0.25, 0.3) is 0 Å². The van der Waals surface area contributed by atoms with Crippen LogP contribution in [0.1, 0.15) is 12.6 Å². The molecule has 0 spiro atoms. The summed E-state index contributed by atoms with van der Waals surface area (Å²) >= 11 is 0. The van der Waals surface area contributed by atoms with Crippen molar-refractivity contribution in [3.05, 3.63) is 11.8 Å². The Balaban J connectivity index is 1.73. The van der Waals surface area contributed by atoms with Crippen LogP contribution >= 0.6 is 0 Å². The van der Waals surface area contributed by atoms with Gasteiger partial charge in [-0.05, 0) is 13.5 Å². The van der Waals surface area contributed by atoms with E-state index in [2.05, 4.69) is 27.0 Å². The van der Waals surface area contributed by atoms with E-state index < -0.39 is 0 Å². The standard InChI is InChI=1S/C16H27N5O2/c1-4-20-10-13(14(11-20)22-3)18-15-9-12(2)17-16(19-15)21-5-7-23-8-6-21/h9,13-14H,4-8,10-11H2,1-3H3,(H,17,18,19)/t13-,14-/m0/s1. The van der Waals surface area contributed by atoms with E-state index in [-0.39, 0.29) is 12.1 Å². The van der Waals surface area contributed by atoms with Crippen LogP contribution in [-0.4, -0.2) is 80.1 Å². The number of likely N-dealkylation sites (tertiary alicyclic amines) is 1. The molecule has 128 valence electrons. The summed E-state index contributed by atoms with van der Waals surface area (Å²) < 4.78 is 11.0. The number of methoxy groups -OCH3 is 1. The highest BCUT2D eigenvalue weighted by Crippen LogP contribution is 2.20. The van der Waals surface area contributed by atoms with E-state index in [1.807, 2.05) is 13.0 Å². The summed E-state index contributed by atoms with van der Waals surface area (Å²) in [6.07, 6.45) is 0.192. The van der Waals surface area contributed by atoms with Crippen LogP contribution in [0, 0.1) is 6.92 Å². The molecule has 0 unspecified atom stereocenters. The molecule has 0 aliphatic carbocycles. The molecule has 0 radical (unpaired) electrons. The van der Waals surface area contributed by atoms with Gasteiger partial charge in [-0.1, -0.05) is 6.92 Å². The largest absolute Gasteiger partial charge is 0.378 e. The van der Waals surface area contributed by atoms with Gasteiger partial charge in [-0.25, -0.2) is 4.98 Å². The molecular formula is C16H27N5O2. The van der Waals surface area contributed by atoms with Gasteiger partial charge >= 0.3 is 0 Å². The van der Waals surface area contributed by atoms with Crippen LogP contribution in [0.25, 0.3) is 0 Å². The second kappa shape index (κ2) is 7.42. The number of rotatable bonds is 5. The number of likely N-dealkylation sites (N-methyl/N-ethyl adjacent to an activating group) is 1. The second-order valence-electron chi connectivity index (χ2n) is 6.17. The Morgan fingerprint density at radius 3 is 2.78 bits per heavy atom. The van der Waals surface area contributed by atoms with Crippen LogP contribution in [0.2, 0.25) is 0 Å². The van der Waals surface area contributed by atoms with Crippen LogP contribution in [0.15, 0.2) is 6.07 Å². The Morgan fingerprint density at radius 2 is 2.09 bits per heavy atom. The van der Waals surface area contributed by atoms with E-state index in [9.17, 15) is 0 Å². The lowest BCUT2D eigenvalue weighted by Gasteiger charge is -2.27. The molecule has 0 amide bonds. The molecule has 0 bridgehead atoms. The fraction of sp³-hybridized carbons (Fsp3) is 0.750. The number of aryl methyl sites for hydroxylation is 1. The lowest BCUT2D eigenvalue weighted by atomic mass is 10.2. The Labute approximate surface area is 138 Å². The Bertz CT molecular complexity index is 521. The zero-order valence-electron chi connectivity index (χ0n) is 14.3. The minimum atomic E-state index is 0.192. The van der Waals surface area contributed by atoms with E-state index in [0.717, 1.165) is 63.4 Å². The summed E-state index contributed by atoms with van der Waals surface area (Å²) in [4.78, 5) is 13.9. The highest BCUT2D eigenvalue weighted by Gasteiger charge is 2.32. The van der Waals surface area contributed by atoms with Gasteiger partial charge in [-0.15, -0.1) is 0 Å². The molecule has 3 rings (SSSR count). The van der Waals surface area contributed by atoms with E-state index in [0.29, 0.717) is 0 Å². The quantitative estimate of drug-likeness (QED) is 0.859. The number of morpholine rings is 1. The number of hydrogen-bond acceptors (Lipinski definition) is 7. The van der Waals surface area contributed by atoms with Gasteiger partial charge in [0, 0.05) is 45.0 Å². The first-order valence-electron chi connectivity index (χ1n) is 8.39. The topological polar surface area (TPSA) is 62.8 Å². The molecule has 0 saturated carbocycles. The van der Waals surface area contributed by atoms with Crippen molar-refractivity contribution in [2.24, 2.45) is 0 Å². The third kappa shape index (κ3) is 3.91. The molecular weight excluding hydrogens is 294 g/mol. The third-order valence-corrected chi connectivity index (χ3v) is 4.56. The normalized spacial score (nSPS) is 25.8. The average Bonchev–Trinajstić information content (AvgIpc) is 2.97. The molecule has 1 N–H and O–H groups in total. The summed E-state index contributed by atoms with van der Waals surface area (Å²) in [5.41, 5.74) is 0.975. The molecule has 2 saturated heterocycles. The van der Waals surface area contributed by atoms with Gasteiger partial charge in [-0.3, -0.25) is 4.90 Å². The smallest absolute Gasteiger partial charge is 0.227 e. The van der Waals surface area contributed by atoms with Crippen molar-refractivity contribution >= 4 is 11.8 Å². The first-order chi connectivity index (χ1) is 11.2. The number of nitrogens with one attached hydrogen (secondary N) is 1. The number of nitrogens with zero attached hydrogens (tertiary/aromatic N) is 4. The van der Waals surface area contributed by atoms with Gasteiger partial charge in [0.15, 0.2) is 0 Å². The predicted octanol–water partition coefficient (Wildman–Crippen LogP) is 0.753. The molecule has 0 aromatic carbocycles. The van der Waals surface area contributed by atoms with Crippen molar-refractivity contribution in [1.29, 1.82) is 0 Å². The maximum Gasteiger partial charge on any atom is 0.227 e. The highest BCUT2D eigenvalue weighted by molar-refractivity contribution is 5.45. The Morgan fingerprint density at radius 1 is 1.30 bits per heavy atom. The molecule has 1 aromatic rings. The number of hydrogen-bond donors (Lipinski definition) is 1. The number of aromatic nitrogens is 2. The first kappa shape index (κ1) is 16.4. The zero-order chi connectivity index (χ0) is 16.2. The molecule has 7 nitrogen and oxygen atoms in total. The summed E-state index contributed by atoms with van der Waals surface area (Å²) in [6.45, 7) is 10.3.